The molecule has 0 radical (unpaired) electrons. The lowest BCUT2D eigenvalue weighted by molar-refractivity contribution is -0.154. The smallest absolute Gasteiger partial charge is 0.433 e. The maximum Gasteiger partial charge on any atom is 0.433 e. The Labute approximate surface area is 208 Å². The number of aromatic nitrogens is 4. The molecule has 0 spiro atoms. The number of alkyl halides is 3. The molecular weight excluding hydrogens is 499 g/mol. The fourth-order valence-electron chi connectivity index (χ4n) is 4.56. The number of pyridine rings is 1. The summed E-state index contributed by atoms with van der Waals surface area (Å²) in [5.41, 5.74) is -2.19. The number of carboxylic acid groups (broad SMARTS) is 1. The molecule has 1 saturated carbocycles. The second kappa shape index (κ2) is 9.28. The second-order valence-electron chi connectivity index (χ2n) is 9.33. The van der Waals surface area contributed by atoms with E-state index in [0.717, 1.165) is 12.3 Å². The van der Waals surface area contributed by atoms with Gasteiger partial charge in [-0.05, 0) is 36.8 Å². The first-order valence-corrected chi connectivity index (χ1v) is 11.8. The van der Waals surface area contributed by atoms with Gasteiger partial charge in [0.25, 0.3) is 0 Å². The number of aliphatic hydroxyl groups is 1. The first kappa shape index (κ1) is 25.8. The average molecular weight is 524 g/mol. The van der Waals surface area contributed by atoms with Crippen molar-refractivity contribution in [3.8, 4) is 16.3 Å². The van der Waals surface area contributed by atoms with E-state index < -0.39 is 34.8 Å². The molecule has 1 aliphatic carbocycles. The summed E-state index contributed by atoms with van der Waals surface area (Å²) in [6.07, 6.45) is 0.120. The number of rotatable bonds is 6. The third kappa shape index (κ3) is 5.12. The third-order valence-electron chi connectivity index (χ3n) is 6.25. The van der Waals surface area contributed by atoms with E-state index in [0.29, 0.717) is 27.6 Å². The van der Waals surface area contributed by atoms with Crippen LogP contribution >= 0.6 is 11.3 Å². The number of hydrogen-bond donors (Lipinski definition) is 3. The van der Waals surface area contributed by atoms with Crippen molar-refractivity contribution < 1.29 is 32.9 Å². The van der Waals surface area contributed by atoms with Crippen molar-refractivity contribution in [3.05, 3.63) is 41.4 Å². The number of methoxy groups -OCH3 is 1. The van der Waals surface area contributed by atoms with Crippen LogP contribution in [0.2, 0.25) is 0 Å². The number of carboxylic acids is 1. The summed E-state index contributed by atoms with van der Waals surface area (Å²) in [5, 5.41) is 24.1. The van der Waals surface area contributed by atoms with Crippen LogP contribution in [0.15, 0.2) is 30.7 Å². The Kier molecular flexibility index (Phi) is 6.64. The Morgan fingerprint density at radius 3 is 2.64 bits per heavy atom. The summed E-state index contributed by atoms with van der Waals surface area (Å²) in [6, 6.07) is 2.39. The highest BCUT2D eigenvalue weighted by Gasteiger charge is 2.49. The lowest BCUT2D eigenvalue weighted by atomic mass is 9.63. The molecule has 0 aromatic carbocycles. The minimum atomic E-state index is -4.61. The minimum absolute atomic E-state index is 0.230. The molecule has 2 atom stereocenters. The first-order chi connectivity index (χ1) is 16.8. The van der Waals surface area contributed by atoms with Gasteiger partial charge in [0.2, 0.25) is 11.8 Å². The quantitative estimate of drug-likeness (QED) is 0.414. The van der Waals surface area contributed by atoms with Gasteiger partial charge in [-0.15, -0.1) is 11.3 Å². The predicted octanol–water partition coefficient (Wildman–Crippen LogP) is 4.86. The monoisotopic (exact) mass is 523 g/mol. The van der Waals surface area contributed by atoms with Gasteiger partial charge in [-0.3, -0.25) is 4.79 Å². The summed E-state index contributed by atoms with van der Waals surface area (Å²) >= 11 is 1.22. The zero-order valence-corrected chi connectivity index (χ0v) is 20.4. The molecule has 3 N–H and O–H groups in total. The number of ether oxygens (including phenoxy) is 1. The molecule has 13 heteroatoms. The Bertz CT molecular complexity index is 1280. The van der Waals surface area contributed by atoms with Crippen LogP contribution in [0.1, 0.15) is 43.8 Å². The molecule has 0 aliphatic heterocycles. The van der Waals surface area contributed by atoms with Crippen molar-refractivity contribution in [3.63, 3.8) is 0 Å². The van der Waals surface area contributed by atoms with Gasteiger partial charge in [-0.25, -0.2) is 19.9 Å². The number of thiazole rings is 1. The highest BCUT2D eigenvalue weighted by molar-refractivity contribution is 7.15. The molecule has 3 aromatic heterocycles. The van der Waals surface area contributed by atoms with Gasteiger partial charge < -0.3 is 20.3 Å². The van der Waals surface area contributed by atoms with Crippen LogP contribution in [0.5, 0.6) is 5.88 Å². The van der Waals surface area contributed by atoms with Crippen LogP contribution in [0, 0.1) is 11.3 Å². The maximum absolute atomic E-state index is 13.0. The fraction of sp³-hybridized carbons (Fsp3) is 0.435. The predicted molar refractivity (Wildman–Crippen MR) is 125 cm³/mol. The van der Waals surface area contributed by atoms with Crippen molar-refractivity contribution in [2.45, 2.75) is 44.9 Å². The Hall–Kier alpha value is -3.32. The van der Waals surface area contributed by atoms with Crippen molar-refractivity contribution in [2.24, 2.45) is 11.3 Å². The molecule has 1 aliphatic rings. The Balaban J connectivity index is 1.62. The molecule has 3 aromatic rings. The zero-order valence-electron chi connectivity index (χ0n) is 19.6. The van der Waals surface area contributed by atoms with E-state index in [4.69, 9.17) is 4.74 Å². The van der Waals surface area contributed by atoms with Crippen LogP contribution in [-0.4, -0.2) is 43.2 Å². The standard InChI is InChI=1S/C23H24F3N5O4S/c1-21(2)11-22(34,6-4-14(21)18(32)33)19-29-10-15(36-19)13-8-12(9-28-17(13)35-3)30-20-27-7-5-16(31-20)23(24,25)26/h5,7-10,14,34H,4,6,11H2,1-3H3,(H,32,33)(H,27,30,31). The van der Waals surface area contributed by atoms with Crippen LogP contribution in [0.4, 0.5) is 24.8 Å². The van der Waals surface area contributed by atoms with Gasteiger partial charge in [0.1, 0.15) is 16.3 Å². The summed E-state index contributed by atoms with van der Waals surface area (Å²) < 4.78 is 44.3. The highest BCUT2D eigenvalue weighted by Crippen LogP contribution is 2.51. The number of hydrogen-bond acceptors (Lipinski definition) is 9. The van der Waals surface area contributed by atoms with Gasteiger partial charge in [0.15, 0.2) is 0 Å². The van der Waals surface area contributed by atoms with Gasteiger partial charge in [0, 0.05) is 12.4 Å². The number of anilines is 2. The van der Waals surface area contributed by atoms with Crippen molar-refractivity contribution in [2.75, 3.05) is 12.4 Å². The molecular formula is C23H24F3N5O4S. The molecule has 3 heterocycles. The molecule has 192 valence electrons. The molecule has 36 heavy (non-hydrogen) atoms. The number of nitrogens with zero attached hydrogens (tertiary/aromatic N) is 4. The second-order valence-corrected chi connectivity index (χ2v) is 10.4. The van der Waals surface area contributed by atoms with E-state index in [1.54, 1.807) is 12.3 Å². The number of aliphatic carboxylic acids is 1. The van der Waals surface area contributed by atoms with E-state index in [1.807, 2.05) is 13.8 Å². The zero-order chi connectivity index (χ0) is 26.3. The lowest BCUT2D eigenvalue weighted by Gasteiger charge is -2.44. The topological polar surface area (TPSA) is 130 Å². The molecule has 1 fully saturated rings. The molecule has 0 bridgehead atoms. The summed E-state index contributed by atoms with van der Waals surface area (Å²) in [6.45, 7) is 3.64. The summed E-state index contributed by atoms with van der Waals surface area (Å²) in [4.78, 5) is 28.2. The number of nitrogens with one attached hydrogen (secondary N) is 1. The van der Waals surface area contributed by atoms with E-state index >= 15 is 0 Å². The lowest BCUT2D eigenvalue weighted by Crippen LogP contribution is -2.44. The summed E-state index contributed by atoms with van der Waals surface area (Å²) in [7, 11) is 1.43. The molecule has 0 saturated heterocycles. The van der Waals surface area contributed by atoms with Gasteiger partial charge in [0.05, 0.1) is 35.4 Å². The molecule has 0 amide bonds. The largest absolute Gasteiger partial charge is 0.481 e. The van der Waals surface area contributed by atoms with Crippen LogP contribution < -0.4 is 10.1 Å². The minimum Gasteiger partial charge on any atom is -0.481 e. The van der Waals surface area contributed by atoms with Crippen LogP contribution in [0.3, 0.4) is 0 Å². The van der Waals surface area contributed by atoms with Gasteiger partial charge in [-0.1, -0.05) is 13.8 Å². The highest BCUT2D eigenvalue weighted by atomic mass is 32.1. The third-order valence-corrected chi connectivity index (χ3v) is 7.48. The first-order valence-electron chi connectivity index (χ1n) is 11.0. The van der Waals surface area contributed by atoms with Crippen molar-refractivity contribution in [1.29, 1.82) is 0 Å². The van der Waals surface area contributed by atoms with E-state index in [1.165, 1.54) is 24.6 Å². The van der Waals surface area contributed by atoms with Gasteiger partial charge >= 0.3 is 12.1 Å². The number of halogens is 3. The van der Waals surface area contributed by atoms with E-state index in [-0.39, 0.29) is 24.7 Å². The number of carbonyl (C=O) groups is 1. The Morgan fingerprint density at radius 2 is 2.00 bits per heavy atom. The van der Waals surface area contributed by atoms with Crippen molar-refractivity contribution >= 4 is 28.9 Å². The maximum atomic E-state index is 13.0. The average Bonchev–Trinajstić information content (AvgIpc) is 3.29. The fourth-order valence-corrected chi connectivity index (χ4v) is 5.60. The Morgan fingerprint density at radius 1 is 1.25 bits per heavy atom. The van der Waals surface area contributed by atoms with Crippen LogP contribution in [0.25, 0.3) is 10.4 Å². The van der Waals surface area contributed by atoms with E-state index in [9.17, 15) is 28.2 Å². The van der Waals surface area contributed by atoms with Crippen LogP contribution in [-0.2, 0) is 16.6 Å². The molecule has 4 rings (SSSR count). The van der Waals surface area contributed by atoms with Gasteiger partial charge in [-0.2, -0.15) is 13.2 Å². The SMILES string of the molecule is COc1ncc(Nc2nccc(C(F)(F)F)n2)cc1-c1cnc(C2(O)CCC(C(=O)O)C(C)(C)C2)s1. The summed E-state index contributed by atoms with van der Waals surface area (Å²) in [5.74, 6) is -1.45. The normalized spacial score (nSPS) is 21.7. The van der Waals surface area contributed by atoms with E-state index in [2.05, 4.69) is 25.3 Å². The molecule has 9 nitrogen and oxygen atoms in total. The molecule has 2 unspecified atom stereocenters. The van der Waals surface area contributed by atoms with Crippen molar-refractivity contribution in [1.82, 2.24) is 19.9 Å².